The molecule has 0 aliphatic carbocycles. The molecule has 0 fully saturated rings. The van der Waals surface area contributed by atoms with Gasteiger partial charge in [-0.1, -0.05) is 19.8 Å². The molecule has 0 spiro atoms. The predicted octanol–water partition coefficient (Wildman–Crippen LogP) is 2.53. The van der Waals surface area contributed by atoms with Gasteiger partial charge in [0.05, 0.1) is 12.2 Å². The van der Waals surface area contributed by atoms with E-state index in [9.17, 15) is 4.79 Å². The molecule has 0 aromatic rings. The summed E-state index contributed by atoms with van der Waals surface area (Å²) in [5.41, 5.74) is -0.275. The number of carbonyl (C=O) groups excluding carboxylic acids is 1. The third kappa shape index (κ3) is 9.52. The maximum absolute atomic E-state index is 11.1. The van der Waals surface area contributed by atoms with E-state index in [1.165, 1.54) is 0 Å². The molecular weight excluding hydrogens is 180 g/mol. The summed E-state index contributed by atoms with van der Waals surface area (Å²) in [5, 5.41) is 0. The Morgan fingerprint density at radius 2 is 1.86 bits per heavy atom. The van der Waals surface area contributed by atoms with E-state index in [-0.39, 0.29) is 18.2 Å². The Hall–Kier alpha value is -0.570. The first-order valence-electron chi connectivity index (χ1n) is 5.25. The van der Waals surface area contributed by atoms with Gasteiger partial charge in [-0.3, -0.25) is 0 Å². The molecule has 0 atom stereocenters. The van der Waals surface area contributed by atoms with Crippen LogP contribution in [0.4, 0.5) is 0 Å². The topological polar surface area (TPSA) is 35.5 Å². The van der Waals surface area contributed by atoms with Crippen molar-refractivity contribution in [3.05, 3.63) is 0 Å². The summed E-state index contributed by atoms with van der Waals surface area (Å²) in [5.74, 6) is -0.268. The molecule has 0 aromatic heterocycles. The van der Waals surface area contributed by atoms with Gasteiger partial charge in [0.2, 0.25) is 0 Å². The molecule has 3 heteroatoms. The summed E-state index contributed by atoms with van der Waals surface area (Å²) in [6.07, 6.45) is 3.18. The first kappa shape index (κ1) is 13.4. The van der Waals surface area contributed by atoms with Crippen LogP contribution in [-0.4, -0.2) is 24.8 Å². The highest BCUT2D eigenvalue weighted by atomic mass is 16.6. The normalized spacial score (nSPS) is 11.4. The number of hydrogen-bond acceptors (Lipinski definition) is 3. The minimum absolute atomic E-state index is 0.0512. The molecule has 0 bridgehead atoms. The van der Waals surface area contributed by atoms with Gasteiger partial charge < -0.3 is 9.47 Å². The number of unbranched alkanes of at least 4 members (excludes halogenated alkanes) is 2. The number of ether oxygens (including phenoxy) is 2. The van der Waals surface area contributed by atoms with E-state index in [1.807, 2.05) is 20.8 Å². The molecule has 0 radical (unpaired) electrons. The lowest BCUT2D eigenvalue weighted by atomic mass is 10.2. The van der Waals surface area contributed by atoms with Crippen molar-refractivity contribution in [2.75, 3.05) is 13.2 Å². The lowest BCUT2D eigenvalue weighted by molar-refractivity contribution is -0.154. The summed E-state index contributed by atoms with van der Waals surface area (Å²) in [7, 11) is 0. The molecular formula is C11H22O3. The van der Waals surface area contributed by atoms with Gasteiger partial charge in [-0.15, -0.1) is 0 Å². The van der Waals surface area contributed by atoms with E-state index in [1.54, 1.807) is 0 Å². The Morgan fingerprint density at radius 1 is 1.21 bits per heavy atom. The van der Waals surface area contributed by atoms with Gasteiger partial charge >= 0.3 is 5.97 Å². The van der Waals surface area contributed by atoms with Crippen molar-refractivity contribution in [3.8, 4) is 0 Å². The van der Waals surface area contributed by atoms with Crippen LogP contribution in [0, 0.1) is 0 Å². The average Bonchev–Trinajstić information content (AvgIpc) is 2.08. The van der Waals surface area contributed by atoms with Crippen molar-refractivity contribution in [3.63, 3.8) is 0 Å². The molecule has 0 aliphatic rings. The zero-order chi connectivity index (χ0) is 11.0. The highest BCUT2D eigenvalue weighted by molar-refractivity contribution is 5.70. The van der Waals surface area contributed by atoms with Crippen molar-refractivity contribution < 1.29 is 14.3 Å². The lowest BCUT2D eigenvalue weighted by Crippen LogP contribution is -2.24. The van der Waals surface area contributed by atoms with Gasteiger partial charge in [-0.25, -0.2) is 4.79 Å². The highest BCUT2D eigenvalue weighted by Crippen LogP contribution is 2.06. The molecule has 0 rings (SSSR count). The van der Waals surface area contributed by atoms with Crippen LogP contribution in [0.2, 0.25) is 0 Å². The molecule has 0 amide bonds. The van der Waals surface area contributed by atoms with Crippen molar-refractivity contribution in [1.82, 2.24) is 0 Å². The number of rotatable bonds is 6. The van der Waals surface area contributed by atoms with E-state index in [2.05, 4.69) is 6.92 Å². The van der Waals surface area contributed by atoms with Gasteiger partial charge in [-0.2, -0.15) is 0 Å². The summed E-state index contributed by atoms with van der Waals surface area (Å²) < 4.78 is 10.2. The zero-order valence-electron chi connectivity index (χ0n) is 9.76. The van der Waals surface area contributed by atoms with Gasteiger partial charge in [0.15, 0.2) is 0 Å². The third-order valence-corrected chi connectivity index (χ3v) is 1.63. The second kappa shape index (κ2) is 6.82. The minimum atomic E-state index is -0.275. The van der Waals surface area contributed by atoms with Crippen molar-refractivity contribution in [1.29, 1.82) is 0 Å². The fourth-order valence-electron chi connectivity index (χ4n) is 0.855. The molecule has 0 saturated heterocycles. The fourth-order valence-corrected chi connectivity index (χ4v) is 0.855. The SMILES string of the molecule is CCCCCOC(=O)COC(C)(C)C. The molecule has 0 aromatic carbocycles. The van der Waals surface area contributed by atoms with Crippen molar-refractivity contribution >= 4 is 5.97 Å². The molecule has 14 heavy (non-hydrogen) atoms. The molecule has 3 nitrogen and oxygen atoms in total. The molecule has 0 unspecified atom stereocenters. The summed E-state index contributed by atoms with van der Waals surface area (Å²) in [6, 6.07) is 0. The Kier molecular flexibility index (Phi) is 6.54. The van der Waals surface area contributed by atoms with Crippen molar-refractivity contribution in [2.45, 2.75) is 52.6 Å². The van der Waals surface area contributed by atoms with Crippen LogP contribution in [-0.2, 0) is 14.3 Å². The van der Waals surface area contributed by atoms with Crippen LogP contribution in [0.15, 0.2) is 0 Å². The predicted molar refractivity (Wildman–Crippen MR) is 56.2 cm³/mol. The number of carbonyl (C=O) groups is 1. The van der Waals surface area contributed by atoms with Crippen LogP contribution >= 0.6 is 0 Å². The maximum atomic E-state index is 11.1. The standard InChI is InChI=1S/C11H22O3/c1-5-6-7-8-13-10(12)9-14-11(2,3)4/h5-9H2,1-4H3. The van der Waals surface area contributed by atoms with Gasteiger partial charge in [0, 0.05) is 0 Å². The van der Waals surface area contributed by atoms with Crippen LogP contribution in [0.25, 0.3) is 0 Å². The molecule has 84 valence electrons. The van der Waals surface area contributed by atoms with Gasteiger partial charge in [0.1, 0.15) is 6.61 Å². The van der Waals surface area contributed by atoms with E-state index in [4.69, 9.17) is 9.47 Å². The van der Waals surface area contributed by atoms with Crippen molar-refractivity contribution in [2.24, 2.45) is 0 Å². The molecule has 0 saturated carbocycles. The monoisotopic (exact) mass is 202 g/mol. The highest BCUT2D eigenvalue weighted by Gasteiger charge is 2.13. The third-order valence-electron chi connectivity index (χ3n) is 1.63. The van der Waals surface area contributed by atoms with E-state index in [0.29, 0.717) is 6.61 Å². The van der Waals surface area contributed by atoms with Gasteiger partial charge in [-0.05, 0) is 27.2 Å². The quantitative estimate of drug-likeness (QED) is 0.490. The molecule has 0 N–H and O–H groups in total. The first-order chi connectivity index (χ1) is 6.45. The summed E-state index contributed by atoms with van der Waals surface area (Å²) >= 11 is 0. The lowest BCUT2D eigenvalue weighted by Gasteiger charge is -2.18. The summed E-state index contributed by atoms with van der Waals surface area (Å²) in [6.45, 7) is 8.42. The van der Waals surface area contributed by atoms with E-state index in [0.717, 1.165) is 19.3 Å². The summed E-state index contributed by atoms with van der Waals surface area (Å²) in [4.78, 5) is 11.1. The van der Waals surface area contributed by atoms with Crippen LogP contribution < -0.4 is 0 Å². The second-order valence-electron chi connectivity index (χ2n) is 4.33. The second-order valence-corrected chi connectivity index (χ2v) is 4.33. The van der Waals surface area contributed by atoms with Crippen LogP contribution in [0.1, 0.15) is 47.0 Å². The number of hydrogen-bond donors (Lipinski definition) is 0. The zero-order valence-corrected chi connectivity index (χ0v) is 9.76. The fraction of sp³-hybridized carbons (Fsp3) is 0.909. The Morgan fingerprint density at radius 3 is 2.36 bits per heavy atom. The number of esters is 1. The van der Waals surface area contributed by atoms with E-state index < -0.39 is 0 Å². The average molecular weight is 202 g/mol. The Balaban J connectivity index is 3.38. The smallest absolute Gasteiger partial charge is 0.332 e. The Bertz CT molecular complexity index is 158. The Labute approximate surface area is 86.8 Å². The molecule has 0 heterocycles. The van der Waals surface area contributed by atoms with Crippen LogP contribution in [0.3, 0.4) is 0 Å². The first-order valence-corrected chi connectivity index (χ1v) is 5.25. The van der Waals surface area contributed by atoms with E-state index >= 15 is 0 Å². The maximum Gasteiger partial charge on any atom is 0.332 e. The minimum Gasteiger partial charge on any atom is -0.464 e. The van der Waals surface area contributed by atoms with Crippen LogP contribution in [0.5, 0.6) is 0 Å². The van der Waals surface area contributed by atoms with Gasteiger partial charge in [0.25, 0.3) is 0 Å². The molecule has 0 aliphatic heterocycles. The largest absolute Gasteiger partial charge is 0.464 e.